The molecule has 1 aliphatic heterocycles. The Morgan fingerprint density at radius 3 is 2.72 bits per heavy atom. The second-order valence-electron chi connectivity index (χ2n) is 7.30. The van der Waals surface area contributed by atoms with E-state index in [0.717, 1.165) is 27.7 Å². The molecule has 2 aromatic heterocycles. The third-order valence-corrected chi connectivity index (χ3v) is 6.91. The third kappa shape index (κ3) is 3.81. The molecule has 3 heterocycles. The molecule has 1 fully saturated rings. The molecule has 0 aliphatic carbocycles. The van der Waals surface area contributed by atoms with E-state index in [1.807, 2.05) is 67.2 Å². The number of thiazole rings is 1. The van der Waals surface area contributed by atoms with E-state index in [9.17, 15) is 4.79 Å². The molecule has 0 radical (unpaired) electrons. The molecule has 1 amide bonds. The summed E-state index contributed by atoms with van der Waals surface area (Å²) in [5, 5.41) is 4.35. The maximum Gasteiger partial charge on any atom is 0.267 e. The molecule has 2 aromatic carbocycles. The van der Waals surface area contributed by atoms with Crippen LogP contribution in [0.15, 0.2) is 88.7 Å². The second-order valence-corrected chi connectivity index (χ2v) is 9.15. The molecule has 0 atom stereocenters. The molecule has 4 aromatic rings. The molecule has 0 unspecified atom stereocenters. The van der Waals surface area contributed by atoms with E-state index in [1.54, 1.807) is 11.0 Å². The fraction of sp³-hybridized carbons (Fsp3) is 0.0800. The van der Waals surface area contributed by atoms with Crippen LogP contribution in [0.2, 0.25) is 0 Å². The van der Waals surface area contributed by atoms with Crippen LogP contribution >= 0.6 is 23.1 Å². The van der Waals surface area contributed by atoms with E-state index in [1.165, 1.54) is 23.1 Å². The number of rotatable bonds is 5. The van der Waals surface area contributed by atoms with Crippen molar-refractivity contribution in [1.29, 1.82) is 0 Å². The number of para-hydroxylation sites is 1. The maximum atomic E-state index is 13.2. The van der Waals surface area contributed by atoms with Gasteiger partial charge in [-0.2, -0.15) is 4.99 Å². The summed E-state index contributed by atoms with van der Waals surface area (Å²) in [6.45, 7) is 4.20. The number of hydrogen-bond acceptors (Lipinski definition) is 5. The second kappa shape index (κ2) is 8.61. The minimum Gasteiger partial charge on any atom is -0.350 e. The van der Waals surface area contributed by atoms with E-state index in [2.05, 4.69) is 28.3 Å². The quantitative estimate of drug-likeness (QED) is 0.270. The molecule has 0 N–H and O–H groups in total. The molecule has 0 bridgehead atoms. The smallest absolute Gasteiger partial charge is 0.267 e. The summed E-state index contributed by atoms with van der Waals surface area (Å²) in [6, 6.07) is 18.2. The number of aromatic nitrogens is 2. The van der Waals surface area contributed by atoms with E-state index in [4.69, 9.17) is 4.99 Å². The molecule has 7 heteroatoms. The highest BCUT2D eigenvalue weighted by atomic mass is 32.2. The first-order valence-corrected chi connectivity index (χ1v) is 11.8. The molecule has 0 saturated carbocycles. The molecular formula is C25H20N4OS2. The van der Waals surface area contributed by atoms with Crippen molar-refractivity contribution < 1.29 is 4.79 Å². The van der Waals surface area contributed by atoms with Gasteiger partial charge in [-0.15, -0.1) is 17.9 Å². The van der Waals surface area contributed by atoms with Gasteiger partial charge < -0.3 is 4.57 Å². The third-order valence-electron chi connectivity index (χ3n) is 5.17. The Labute approximate surface area is 194 Å². The van der Waals surface area contributed by atoms with Gasteiger partial charge in [0.1, 0.15) is 0 Å². The van der Waals surface area contributed by atoms with Crippen LogP contribution in [0.1, 0.15) is 5.56 Å². The molecule has 0 spiro atoms. The molecule has 158 valence electrons. The lowest BCUT2D eigenvalue weighted by molar-refractivity contribution is -0.121. The number of amides is 1. The number of nitrogens with zero attached hydrogens (tertiary/aromatic N) is 4. The van der Waals surface area contributed by atoms with Crippen molar-refractivity contribution in [3.63, 3.8) is 0 Å². The van der Waals surface area contributed by atoms with Crippen LogP contribution in [0.25, 0.3) is 28.2 Å². The minimum absolute atomic E-state index is 0.0681. The number of aliphatic imine (C=N–C) groups is 1. The Bertz CT molecular complexity index is 1380. The number of thioether (sulfide) groups is 1. The Morgan fingerprint density at radius 1 is 1.12 bits per heavy atom. The van der Waals surface area contributed by atoms with Crippen molar-refractivity contribution >= 4 is 56.3 Å². The lowest BCUT2D eigenvalue weighted by Gasteiger charge is -2.11. The van der Waals surface area contributed by atoms with Gasteiger partial charge in [0.2, 0.25) is 5.13 Å². The van der Waals surface area contributed by atoms with E-state index in [0.29, 0.717) is 21.7 Å². The molecule has 1 aliphatic rings. The number of benzene rings is 2. The lowest BCUT2D eigenvalue weighted by atomic mass is 10.1. The van der Waals surface area contributed by atoms with E-state index in [-0.39, 0.29) is 5.91 Å². The summed E-state index contributed by atoms with van der Waals surface area (Å²) in [7, 11) is 2.01. The van der Waals surface area contributed by atoms with E-state index >= 15 is 0 Å². The van der Waals surface area contributed by atoms with Crippen LogP contribution in [-0.4, -0.2) is 32.1 Å². The summed E-state index contributed by atoms with van der Waals surface area (Å²) in [5.74, 6) is -0.0681. The van der Waals surface area contributed by atoms with Crippen LogP contribution < -0.4 is 0 Å². The first-order chi connectivity index (χ1) is 15.6. The largest absolute Gasteiger partial charge is 0.350 e. The number of fused-ring (bicyclic) bond motifs is 1. The highest BCUT2D eigenvalue weighted by molar-refractivity contribution is 8.18. The SMILES string of the molecule is C=CCN1C(=O)/C(=C/c2cn(C)c3ccccc23)S/C1=N/c1nc(-c2ccccc2)cs1. The monoisotopic (exact) mass is 456 g/mol. The molecule has 32 heavy (non-hydrogen) atoms. The van der Waals surface area contributed by atoms with Gasteiger partial charge in [-0.25, -0.2) is 4.98 Å². The highest BCUT2D eigenvalue weighted by Gasteiger charge is 2.33. The number of hydrogen-bond donors (Lipinski definition) is 0. The van der Waals surface area contributed by atoms with Crippen LogP contribution in [-0.2, 0) is 11.8 Å². The zero-order valence-corrected chi connectivity index (χ0v) is 19.1. The van der Waals surface area contributed by atoms with Crippen LogP contribution in [0.5, 0.6) is 0 Å². The Kier molecular flexibility index (Phi) is 5.51. The molecular weight excluding hydrogens is 436 g/mol. The molecule has 5 nitrogen and oxygen atoms in total. The van der Waals surface area contributed by atoms with Crippen LogP contribution in [0, 0.1) is 0 Å². The average Bonchev–Trinajstić information content (AvgIpc) is 3.49. The van der Waals surface area contributed by atoms with Gasteiger partial charge in [-0.1, -0.05) is 54.6 Å². The average molecular weight is 457 g/mol. The molecule has 5 rings (SSSR count). The van der Waals surface area contributed by atoms with Gasteiger partial charge in [0.15, 0.2) is 5.17 Å². The summed E-state index contributed by atoms with van der Waals surface area (Å²) in [5.41, 5.74) is 4.07. The zero-order chi connectivity index (χ0) is 22.1. The predicted octanol–water partition coefficient (Wildman–Crippen LogP) is 6.09. The van der Waals surface area contributed by atoms with Gasteiger partial charge in [-0.05, 0) is 23.9 Å². The number of amidine groups is 1. The van der Waals surface area contributed by atoms with Crippen LogP contribution in [0.4, 0.5) is 5.13 Å². The lowest BCUT2D eigenvalue weighted by Crippen LogP contribution is -2.29. The van der Waals surface area contributed by atoms with Crippen molar-refractivity contribution in [3.8, 4) is 11.3 Å². The zero-order valence-electron chi connectivity index (χ0n) is 17.4. The number of carbonyl (C=O) groups excluding carboxylic acids is 1. The topological polar surface area (TPSA) is 50.5 Å². The standard InChI is InChI=1S/C25H20N4OS2/c1-3-13-29-23(30)22(14-18-15-28(2)21-12-8-7-11-19(18)21)32-25(29)27-24-26-20(16-31-24)17-9-5-4-6-10-17/h3-12,14-16H,1,13H2,2H3/b22-14-,27-25+. The Morgan fingerprint density at radius 2 is 1.91 bits per heavy atom. The van der Waals surface area contributed by atoms with Crippen molar-refractivity contribution in [2.45, 2.75) is 0 Å². The summed E-state index contributed by atoms with van der Waals surface area (Å²) in [6.07, 6.45) is 5.71. The van der Waals surface area contributed by atoms with Gasteiger partial charge in [0, 0.05) is 47.2 Å². The van der Waals surface area contributed by atoms with Gasteiger partial charge >= 0.3 is 0 Å². The fourth-order valence-electron chi connectivity index (χ4n) is 3.65. The van der Waals surface area contributed by atoms with Crippen molar-refractivity contribution in [1.82, 2.24) is 14.5 Å². The van der Waals surface area contributed by atoms with Crippen molar-refractivity contribution in [2.75, 3.05) is 6.54 Å². The summed E-state index contributed by atoms with van der Waals surface area (Å²) < 4.78 is 2.07. The first-order valence-electron chi connectivity index (χ1n) is 10.1. The Balaban J connectivity index is 1.49. The molecule has 1 saturated heterocycles. The first kappa shape index (κ1) is 20.5. The Hall–Kier alpha value is -3.42. The summed E-state index contributed by atoms with van der Waals surface area (Å²) in [4.78, 5) is 24.8. The minimum atomic E-state index is -0.0681. The number of carbonyl (C=O) groups is 1. The van der Waals surface area contributed by atoms with Crippen molar-refractivity contribution in [3.05, 3.63) is 89.3 Å². The maximum absolute atomic E-state index is 13.2. The fourth-order valence-corrected chi connectivity index (χ4v) is 5.38. The van der Waals surface area contributed by atoms with Gasteiger partial charge in [0.05, 0.1) is 10.6 Å². The highest BCUT2D eigenvalue weighted by Crippen LogP contribution is 2.36. The van der Waals surface area contributed by atoms with E-state index < -0.39 is 0 Å². The number of aryl methyl sites for hydroxylation is 1. The van der Waals surface area contributed by atoms with Gasteiger partial charge in [0.25, 0.3) is 5.91 Å². The predicted molar refractivity (Wildman–Crippen MR) is 135 cm³/mol. The van der Waals surface area contributed by atoms with Crippen molar-refractivity contribution in [2.24, 2.45) is 12.0 Å². The summed E-state index contributed by atoms with van der Waals surface area (Å²) >= 11 is 2.84. The van der Waals surface area contributed by atoms with Crippen LogP contribution in [0.3, 0.4) is 0 Å². The van der Waals surface area contributed by atoms with Gasteiger partial charge in [-0.3, -0.25) is 9.69 Å². The normalized spacial score (nSPS) is 16.5.